The molecular formula is C14H19N5. The third-order valence-electron chi connectivity index (χ3n) is 3.46. The number of nitrogens with one attached hydrogen (secondary N) is 2. The quantitative estimate of drug-likeness (QED) is 0.853. The van der Waals surface area contributed by atoms with Crippen molar-refractivity contribution in [3.63, 3.8) is 0 Å². The Kier molecular flexibility index (Phi) is 3.21. The van der Waals surface area contributed by atoms with Gasteiger partial charge in [0.1, 0.15) is 0 Å². The fourth-order valence-corrected chi connectivity index (χ4v) is 2.50. The van der Waals surface area contributed by atoms with Gasteiger partial charge in [-0.2, -0.15) is 0 Å². The number of benzene rings is 1. The summed E-state index contributed by atoms with van der Waals surface area (Å²) in [5.41, 5.74) is 1.88. The molecule has 5 nitrogen and oxygen atoms in total. The van der Waals surface area contributed by atoms with E-state index in [0.717, 1.165) is 42.3 Å². The Morgan fingerprint density at radius 1 is 1.26 bits per heavy atom. The predicted octanol–water partition coefficient (Wildman–Crippen LogP) is 1.47. The van der Waals surface area contributed by atoms with Gasteiger partial charge in [0.25, 0.3) is 0 Å². The minimum Gasteiger partial charge on any atom is -0.370 e. The van der Waals surface area contributed by atoms with Gasteiger partial charge in [0.2, 0.25) is 0 Å². The van der Waals surface area contributed by atoms with Crippen LogP contribution in [0.1, 0.15) is 6.92 Å². The molecule has 0 unspecified atom stereocenters. The van der Waals surface area contributed by atoms with Crippen molar-refractivity contribution >= 4 is 22.7 Å². The lowest BCUT2D eigenvalue weighted by Gasteiger charge is -2.33. The molecular weight excluding hydrogens is 238 g/mol. The zero-order chi connectivity index (χ0) is 13.2. The Morgan fingerprint density at radius 3 is 2.68 bits per heavy atom. The maximum absolute atomic E-state index is 4.78. The molecule has 0 radical (unpaired) electrons. The predicted molar refractivity (Wildman–Crippen MR) is 78.8 cm³/mol. The Labute approximate surface area is 113 Å². The van der Waals surface area contributed by atoms with Crippen molar-refractivity contribution in [1.82, 2.24) is 15.3 Å². The van der Waals surface area contributed by atoms with Crippen LogP contribution in [0.2, 0.25) is 0 Å². The topological polar surface area (TPSA) is 53.1 Å². The first-order valence-electron chi connectivity index (χ1n) is 6.71. The van der Waals surface area contributed by atoms with E-state index in [4.69, 9.17) is 4.98 Å². The van der Waals surface area contributed by atoms with Gasteiger partial charge in [-0.05, 0) is 19.1 Å². The molecule has 2 heterocycles. The van der Waals surface area contributed by atoms with E-state index < -0.39 is 0 Å². The van der Waals surface area contributed by atoms with Crippen LogP contribution in [0.4, 0.5) is 11.6 Å². The van der Waals surface area contributed by atoms with Crippen molar-refractivity contribution in [1.29, 1.82) is 0 Å². The van der Waals surface area contributed by atoms with Crippen LogP contribution in [0, 0.1) is 0 Å². The average molecular weight is 257 g/mol. The average Bonchev–Trinajstić information content (AvgIpc) is 2.46. The summed E-state index contributed by atoms with van der Waals surface area (Å²) in [5.74, 6) is 1.81. The highest BCUT2D eigenvalue weighted by Gasteiger charge is 2.20. The van der Waals surface area contributed by atoms with E-state index in [1.54, 1.807) is 0 Å². The van der Waals surface area contributed by atoms with Crippen molar-refractivity contribution < 1.29 is 0 Å². The van der Waals surface area contributed by atoms with E-state index in [0.29, 0.717) is 6.04 Å². The number of para-hydroxylation sites is 2. The standard InChI is InChI=1S/C14H19N5/c1-10-9-19(8-7-16-10)14-13(15-2)17-11-5-3-4-6-12(11)18-14/h3-6,10,16H,7-9H2,1-2H3,(H,15,17)/t10-/m1/s1. The van der Waals surface area contributed by atoms with Crippen molar-refractivity contribution in [2.75, 3.05) is 36.9 Å². The molecule has 5 heteroatoms. The number of rotatable bonds is 2. The van der Waals surface area contributed by atoms with E-state index in [9.17, 15) is 0 Å². The first-order valence-corrected chi connectivity index (χ1v) is 6.71. The maximum Gasteiger partial charge on any atom is 0.172 e. The number of hydrogen-bond donors (Lipinski definition) is 2. The molecule has 1 aromatic heterocycles. The van der Waals surface area contributed by atoms with Gasteiger partial charge in [-0.1, -0.05) is 12.1 Å². The van der Waals surface area contributed by atoms with E-state index in [2.05, 4.69) is 27.4 Å². The van der Waals surface area contributed by atoms with E-state index in [1.807, 2.05) is 31.3 Å². The van der Waals surface area contributed by atoms with Crippen LogP contribution in [0.15, 0.2) is 24.3 Å². The van der Waals surface area contributed by atoms with E-state index in [-0.39, 0.29) is 0 Å². The number of anilines is 2. The summed E-state index contributed by atoms with van der Waals surface area (Å²) in [6, 6.07) is 8.47. The molecule has 19 heavy (non-hydrogen) atoms. The van der Waals surface area contributed by atoms with E-state index in [1.165, 1.54) is 0 Å². The second kappa shape index (κ2) is 5.01. The molecule has 100 valence electrons. The van der Waals surface area contributed by atoms with Crippen LogP contribution in [0.25, 0.3) is 11.0 Å². The molecule has 0 saturated carbocycles. The highest BCUT2D eigenvalue weighted by atomic mass is 15.3. The van der Waals surface area contributed by atoms with Crippen LogP contribution in [0.5, 0.6) is 0 Å². The fourth-order valence-electron chi connectivity index (χ4n) is 2.50. The largest absolute Gasteiger partial charge is 0.370 e. The Morgan fingerprint density at radius 2 is 2.00 bits per heavy atom. The third kappa shape index (κ3) is 2.33. The van der Waals surface area contributed by atoms with E-state index >= 15 is 0 Å². The lowest BCUT2D eigenvalue weighted by molar-refractivity contribution is 0.482. The van der Waals surface area contributed by atoms with Crippen LogP contribution in [-0.2, 0) is 0 Å². The first kappa shape index (κ1) is 12.2. The van der Waals surface area contributed by atoms with Crippen LogP contribution >= 0.6 is 0 Å². The summed E-state index contributed by atoms with van der Waals surface area (Å²) < 4.78 is 0. The lowest BCUT2D eigenvalue weighted by Crippen LogP contribution is -2.49. The van der Waals surface area contributed by atoms with Gasteiger partial charge in [0.05, 0.1) is 11.0 Å². The molecule has 1 aliphatic rings. The van der Waals surface area contributed by atoms with Crippen molar-refractivity contribution in [3.8, 4) is 0 Å². The summed E-state index contributed by atoms with van der Waals surface area (Å²) in [6.45, 7) is 5.10. The monoisotopic (exact) mass is 257 g/mol. The first-order chi connectivity index (χ1) is 9.28. The number of nitrogens with zero attached hydrogens (tertiary/aromatic N) is 3. The van der Waals surface area contributed by atoms with Gasteiger partial charge < -0.3 is 15.5 Å². The zero-order valence-electron chi connectivity index (χ0n) is 11.3. The minimum absolute atomic E-state index is 0.478. The molecule has 1 aromatic carbocycles. The summed E-state index contributed by atoms with van der Waals surface area (Å²) in [4.78, 5) is 11.7. The lowest BCUT2D eigenvalue weighted by atomic mass is 10.2. The van der Waals surface area contributed by atoms with Crippen molar-refractivity contribution in [2.24, 2.45) is 0 Å². The molecule has 0 bridgehead atoms. The summed E-state index contributed by atoms with van der Waals surface area (Å²) >= 11 is 0. The highest BCUT2D eigenvalue weighted by Crippen LogP contribution is 2.25. The van der Waals surface area contributed by atoms with Crippen molar-refractivity contribution in [3.05, 3.63) is 24.3 Å². The molecule has 3 rings (SSSR count). The van der Waals surface area contributed by atoms with Gasteiger partial charge in [0.15, 0.2) is 11.6 Å². The Balaban J connectivity index is 2.05. The normalized spacial score (nSPS) is 19.7. The molecule has 1 aliphatic heterocycles. The molecule has 0 aliphatic carbocycles. The zero-order valence-corrected chi connectivity index (χ0v) is 11.3. The smallest absolute Gasteiger partial charge is 0.172 e. The van der Waals surface area contributed by atoms with Gasteiger partial charge in [-0.3, -0.25) is 0 Å². The summed E-state index contributed by atoms with van der Waals surface area (Å²) in [7, 11) is 1.90. The van der Waals surface area contributed by atoms with Gasteiger partial charge in [-0.15, -0.1) is 0 Å². The maximum atomic E-state index is 4.78. The van der Waals surface area contributed by atoms with Crippen LogP contribution in [-0.4, -0.2) is 42.7 Å². The summed E-state index contributed by atoms with van der Waals surface area (Å²) in [5, 5.41) is 6.61. The molecule has 0 spiro atoms. The molecule has 1 fully saturated rings. The SMILES string of the molecule is CNc1nc2ccccc2nc1N1CCN[C@H](C)C1. The van der Waals surface area contributed by atoms with Crippen LogP contribution in [0.3, 0.4) is 0 Å². The van der Waals surface area contributed by atoms with Crippen molar-refractivity contribution in [2.45, 2.75) is 13.0 Å². The molecule has 1 atom stereocenters. The van der Waals surface area contributed by atoms with Gasteiger partial charge in [0, 0.05) is 32.7 Å². The second-order valence-electron chi connectivity index (χ2n) is 4.94. The third-order valence-corrected chi connectivity index (χ3v) is 3.46. The molecule has 1 saturated heterocycles. The number of hydrogen-bond acceptors (Lipinski definition) is 5. The number of fused-ring (bicyclic) bond motifs is 1. The van der Waals surface area contributed by atoms with Gasteiger partial charge in [-0.25, -0.2) is 9.97 Å². The minimum atomic E-state index is 0.478. The van der Waals surface area contributed by atoms with Crippen LogP contribution < -0.4 is 15.5 Å². The second-order valence-corrected chi connectivity index (χ2v) is 4.94. The Hall–Kier alpha value is -1.88. The Bertz CT molecular complexity index is 583. The summed E-state index contributed by atoms with van der Waals surface area (Å²) in [6.07, 6.45) is 0. The molecule has 2 aromatic rings. The molecule has 2 N–H and O–H groups in total. The molecule has 0 amide bonds. The number of aromatic nitrogens is 2. The fraction of sp³-hybridized carbons (Fsp3) is 0.429. The highest BCUT2D eigenvalue weighted by molar-refractivity contribution is 5.80. The van der Waals surface area contributed by atoms with Gasteiger partial charge >= 0.3 is 0 Å². The number of piperazine rings is 1.